The van der Waals surface area contributed by atoms with Gasteiger partial charge in [0.1, 0.15) is 0 Å². The third kappa shape index (κ3) is 4.69. The molecule has 1 aromatic carbocycles. The topological polar surface area (TPSA) is 101 Å². The SMILES string of the molecule is CCOC(=O)c1ccc(Nc2nncc(N3CCN(C(C)=O)CC3)n2)cc1. The van der Waals surface area contributed by atoms with Crippen molar-refractivity contribution in [2.75, 3.05) is 43.0 Å². The number of hydrogen-bond acceptors (Lipinski definition) is 8. The van der Waals surface area contributed by atoms with Gasteiger partial charge < -0.3 is 19.9 Å². The number of carbonyl (C=O) groups excluding carboxylic acids is 2. The second-order valence-electron chi connectivity index (χ2n) is 6.05. The minimum Gasteiger partial charge on any atom is -0.462 e. The Morgan fingerprint density at radius 2 is 1.85 bits per heavy atom. The summed E-state index contributed by atoms with van der Waals surface area (Å²) in [6.07, 6.45) is 1.61. The Morgan fingerprint density at radius 3 is 2.48 bits per heavy atom. The highest BCUT2D eigenvalue weighted by atomic mass is 16.5. The van der Waals surface area contributed by atoms with E-state index in [1.807, 2.05) is 4.90 Å². The monoisotopic (exact) mass is 370 g/mol. The van der Waals surface area contributed by atoms with E-state index in [1.165, 1.54) is 0 Å². The van der Waals surface area contributed by atoms with E-state index in [-0.39, 0.29) is 11.9 Å². The van der Waals surface area contributed by atoms with Crippen LogP contribution in [-0.2, 0) is 9.53 Å². The highest BCUT2D eigenvalue weighted by Crippen LogP contribution is 2.17. The van der Waals surface area contributed by atoms with Crippen LogP contribution < -0.4 is 10.2 Å². The van der Waals surface area contributed by atoms with Crippen LogP contribution >= 0.6 is 0 Å². The number of piperazine rings is 1. The summed E-state index contributed by atoms with van der Waals surface area (Å²) in [5.41, 5.74) is 1.22. The van der Waals surface area contributed by atoms with Crippen molar-refractivity contribution in [2.24, 2.45) is 0 Å². The summed E-state index contributed by atoms with van der Waals surface area (Å²) in [6.45, 7) is 6.42. The molecule has 9 nitrogen and oxygen atoms in total. The number of hydrogen-bond donors (Lipinski definition) is 1. The van der Waals surface area contributed by atoms with Gasteiger partial charge in [0.25, 0.3) is 0 Å². The Bertz CT molecular complexity index is 803. The van der Waals surface area contributed by atoms with Crippen molar-refractivity contribution in [1.82, 2.24) is 20.1 Å². The van der Waals surface area contributed by atoms with Crippen LogP contribution in [0.25, 0.3) is 0 Å². The number of ether oxygens (including phenoxy) is 1. The predicted octanol–water partition coefficient (Wildman–Crippen LogP) is 1.46. The highest BCUT2D eigenvalue weighted by molar-refractivity contribution is 5.89. The smallest absolute Gasteiger partial charge is 0.338 e. The fraction of sp³-hybridized carbons (Fsp3) is 0.389. The fourth-order valence-corrected chi connectivity index (χ4v) is 2.78. The number of amides is 1. The van der Waals surface area contributed by atoms with Crippen molar-refractivity contribution in [3.63, 3.8) is 0 Å². The lowest BCUT2D eigenvalue weighted by Gasteiger charge is -2.34. The zero-order valence-corrected chi connectivity index (χ0v) is 15.4. The summed E-state index contributed by atoms with van der Waals surface area (Å²) in [4.78, 5) is 31.5. The maximum atomic E-state index is 11.7. The van der Waals surface area contributed by atoms with Crippen LogP contribution in [-0.4, -0.2) is 64.7 Å². The second-order valence-corrected chi connectivity index (χ2v) is 6.05. The summed E-state index contributed by atoms with van der Waals surface area (Å²) in [5.74, 6) is 0.807. The molecule has 2 heterocycles. The first kappa shape index (κ1) is 18.6. The molecule has 0 spiro atoms. The molecular weight excluding hydrogens is 348 g/mol. The van der Waals surface area contributed by atoms with Gasteiger partial charge in [-0.1, -0.05) is 0 Å². The van der Waals surface area contributed by atoms with Crippen LogP contribution in [0.3, 0.4) is 0 Å². The second kappa shape index (κ2) is 8.43. The molecule has 1 aromatic heterocycles. The number of anilines is 3. The van der Waals surface area contributed by atoms with E-state index in [4.69, 9.17) is 4.74 Å². The van der Waals surface area contributed by atoms with Gasteiger partial charge in [-0.15, -0.1) is 5.10 Å². The minimum absolute atomic E-state index is 0.0871. The standard InChI is InChI=1S/C18H22N6O3/c1-3-27-17(26)14-4-6-15(7-5-14)20-18-21-16(12-19-22-18)24-10-8-23(9-11-24)13(2)25/h4-7,12H,3,8-11H2,1-2H3,(H,20,21,22). The van der Waals surface area contributed by atoms with Crippen LogP contribution in [0.1, 0.15) is 24.2 Å². The summed E-state index contributed by atoms with van der Waals surface area (Å²) in [7, 11) is 0. The van der Waals surface area contributed by atoms with Crippen molar-refractivity contribution in [3.8, 4) is 0 Å². The van der Waals surface area contributed by atoms with Crippen LogP contribution in [0.4, 0.5) is 17.5 Å². The third-order valence-electron chi connectivity index (χ3n) is 4.25. The Morgan fingerprint density at radius 1 is 1.15 bits per heavy atom. The average molecular weight is 370 g/mol. The molecule has 0 radical (unpaired) electrons. The van der Waals surface area contributed by atoms with E-state index >= 15 is 0 Å². The van der Waals surface area contributed by atoms with Crippen molar-refractivity contribution in [1.29, 1.82) is 0 Å². The molecular formula is C18H22N6O3. The number of nitrogens with one attached hydrogen (secondary N) is 1. The maximum Gasteiger partial charge on any atom is 0.338 e. The molecule has 0 unspecified atom stereocenters. The fourth-order valence-electron chi connectivity index (χ4n) is 2.78. The molecule has 0 aliphatic carbocycles. The van der Waals surface area contributed by atoms with Gasteiger partial charge in [0.2, 0.25) is 11.9 Å². The average Bonchev–Trinajstić information content (AvgIpc) is 2.69. The molecule has 142 valence electrons. The van der Waals surface area contributed by atoms with Gasteiger partial charge in [-0.3, -0.25) is 4.79 Å². The Balaban J connectivity index is 1.64. The third-order valence-corrected chi connectivity index (χ3v) is 4.25. The van der Waals surface area contributed by atoms with E-state index in [0.717, 1.165) is 5.69 Å². The molecule has 1 aliphatic rings. The summed E-state index contributed by atoms with van der Waals surface area (Å²) in [5, 5.41) is 11.1. The number of esters is 1. The van der Waals surface area contributed by atoms with Crippen molar-refractivity contribution in [3.05, 3.63) is 36.0 Å². The Hall–Kier alpha value is -3.23. The molecule has 9 heteroatoms. The minimum atomic E-state index is -0.353. The number of carbonyl (C=O) groups is 2. The van der Waals surface area contributed by atoms with Crippen molar-refractivity contribution >= 4 is 29.3 Å². The van der Waals surface area contributed by atoms with Crippen LogP contribution in [0.5, 0.6) is 0 Å². The van der Waals surface area contributed by atoms with E-state index in [2.05, 4.69) is 25.4 Å². The van der Waals surface area contributed by atoms with Gasteiger partial charge in [-0.25, -0.2) is 4.79 Å². The maximum absolute atomic E-state index is 11.7. The van der Waals surface area contributed by atoms with E-state index < -0.39 is 0 Å². The summed E-state index contributed by atoms with van der Waals surface area (Å²) in [6, 6.07) is 6.87. The van der Waals surface area contributed by atoms with Crippen LogP contribution in [0.15, 0.2) is 30.5 Å². The Labute approximate surface area is 157 Å². The molecule has 1 aliphatic heterocycles. The molecule has 3 rings (SSSR count). The lowest BCUT2D eigenvalue weighted by atomic mass is 10.2. The molecule has 2 aromatic rings. The zero-order chi connectivity index (χ0) is 19.2. The lowest BCUT2D eigenvalue weighted by Crippen LogP contribution is -2.48. The van der Waals surface area contributed by atoms with E-state index in [1.54, 1.807) is 44.3 Å². The molecule has 0 bridgehead atoms. The number of nitrogens with zero attached hydrogens (tertiary/aromatic N) is 5. The molecule has 1 N–H and O–H groups in total. The van der Waals surface area contributed by atoms with Gasteiger partial charge in [-0.05, 0) is 31.2 Å². The first-order valence-corrected chi connectivity index (χ1v) is 8.81. The first-order valence-electron chi connectivity index (χ1n) is 8.81. The molecule has 1 amide bonds. The van der Waals surface area contributed by atoms with Gasteiger partial charge in [0.15, 0.2) is 5.82 Å². The molecule has 0 atom stereocenters. The normalized spacial score (nSPS) is 14.0. The van der Waals surface area contributed by atoms with Crippen LogP contribution in [0, 0.1) is 0 Å². The summed E-state index contributed by atoms with van der Waals surface area (Å²) >= 11 is 0. The molecule has 27 heavy (non-hydrogen) atoms. The highest BCUT2D eigenvalue weighted by Gasteiger charge is 2.20. The van der Waals surface area contributed by atoms with Gasteiger partial charge in [0, 0.05) is 38.8 Å². The zero-order valence-electron chi connectivity index (χ0n) is 15.4. The predicted molar refractivity (Wildman–Crippen MR) is 100.0 cm³/mol. The molecule has 0 saturated carbocycles. The van der Waals surface area contributed by atoms with Crippen LogP contribution in [0.2, 0.25) is 0 Å². The summed E-state index contributed by atoms with van der Waals surface area (Å²) < 4.78 is 4.97. The van der Waals surface area contributed by atoms with Crippen molar-refractivity contribution < 1.29 is 14.3 Å². The number of benzene rings is 1. The van der Waals surface area contributed by atoms with Gasteiger partial charge in [0.05, 0.1) is 18.4 Å². The quantitative estimate of drug-likeness (QED) is 0.790. The number of rotatable bonds is 5. The first-order chi connectivity index (χ1) is 13.1. The van der Waals surface area contributed by atoms with Gasteiger partial charge in [-0.2, -0.15) is 10.1 Å². The van der Waals surface area contributed by atoms with E-state index in [0.29, 0.717) is 50.1 Å². The van der Waals surface area contributed by atoms with Crippen molar-refractivity contribution in [2.45, 2.75) is 13.8 Å². The number of aromatic nitrogens is 3. The van der Waals surface area contributed by atoms with E-state index in [9.17, 15) is 9.59 Å². The molecule has 1 saturated heterocycles. The largest absolute Gasteiger partial charge is 0.462 e. The van der Waals surface area contributed by atoms with Gasteiger partial charge >= 0.3 is 5.97 Å². The molecule has 1 fully saturated rings. The Kier molecular flexibility index (Phi) is 5.80. The lowest BCUT2D eigenvalue weighted by molar-refractivity contribution is -0.129.